The third-order valence-electron chi connectivity index (χ3n) is 2.40. The molecular weight excluding hydrogens is 229 g/mol. The Balaban J connectivity index is 3.03. The summed E-state index contributed by atoms with van der Waals surface area (Å²) in [5, 5.41) is 17.8. The molecule has 0 saturated heterocycles. The van der Waals surface area contributed by atoms with Gasteiger partial charge in [0.05, 0.1) is 12.7 Å². The molecule has 0 aliphatic carbocycles. The summed E-state index contributed by atoms with van der Waals surface area (Å²) in [5.74, 6) is -0.780. The van der Waals surface area contributed by atoms with Gasteiger partial charge >= 0.3 is 0 Å². The summed E-state index contributed by atoms with van der Waals surface area (Å²) in [7, 11) is 0. The van der Waals surface area contributed by atoms with Crippen LogP contribution in [0, 0.1) is 12.9 Å². The van der Waals surface area contributed by atoms with Crippen LogP contribution < -0.4 is 5.56 Å². The molecule has 0 aromatic carbocycles. The molecule has 0 aliphatic heterocycles. The fourth-order valence-electron chi connectivity index (χ4n) is 1.49. The standard InChI is InChI=1S/C11H16FNO4/c1-3-8(17-9(15)5-14)7-4-6(2)11(16)13-10(7)12/h4,8-9,14-15H,3,5H2,1-2H3,(H,13,16)/t8-,9?/m1/s1. The van der Waals surface area contributed by atoms with E-state index in [4.69, 9.17) is 14.9 Å². The molecule has 6 heteroatoms. The number of halogens is 1. The van der Waals surface area contributed by atoms with Gasteiger partial charge in [0, 0.05) is 11.1 Å². The summed E-state index contributed by atoms with van der Waals surface area (Å²) in [6, 6.07) is 1.38. The number of aromatic nitrogens is 1. The molecule has 5 nitrogen and oxygen atoms in total. The quantitative estimate of drug-likeness (QED) is 0.524. The molecule has 1 unspecified atom stereocenters. The topological polar surface area (TPSA) is 82.5 Å². The number of H-pyrrole nitrogens is 1. The van der Waals surface area contributed by atoms with Gasteiger partial charge in [0.25, 0.3) is 5.56 Å². The zero-order valence-corrected chi connectivity index (χ0v) is 9.74. The number of hydrogen-bond donors (Lipinski definition) is 3. The van der Waals surface area contributed by atoms with Crippen molar-refractivity contribution >= 4 is 0 Å². The first kappa shape index (κ1) is 13.8. The second-order valence-corrected chi connectivity index (χ2v) is 3.72. The molecule has 1 heterocycles. The largest absolute Gasteiger partial charge is 0.391 e. The SMILES string of the molecule is CC[C@@H](OC(O)CO)c1cc(C)c(=O)[nH]c1F. The average molecular weight is 245 g/mol. The number of aliphatic hydroxyl groups is 2. The lowest BCUT2D eigenvalue weighted by Crippen LogP contribution is -2.22. The van der Waals surface area contributed by atoms with Gasteiger partial charge in [0.2, 0.25) is 0 Å². The second-order valence-electron chi connectivity index (χ2n) is 3.72. The molecule has 1 aromatic heterocycles. The van der Waals surface area contributed by atoms with Crippen molar-refractivity contribution in [2.45, 2.75) is 32.7 Å². The van der Waals surface area contributed by atoms with Crippen molar-refractivity contribution in [3.8, 4) is 0 Å². The summed E-state index contributed by atoms with van der Waals surface area (Å²) in [5.41, 5.74) is 0.0304. The van der Waals surface area contributed by atoms with Gasteiger partial charge in [-0.15, -0.1) is 0 Å². The fraction of sp³-hybridized carbons (Fsp3) is 0.545. The first-order valence-corrected chi connectivity index (χ1v) is 5.33. The van der Waals surface area contributed by atoms with Crippen molar-refractivity contribution in [1.29, 1.82) is 0 Å². The van der Waals surface area contributed by atoms with Crippen LogP contribution in [0.5, 0.6) is 0 Å². The number of hydrogen-bond acceptors (Lipinski definition) is 4. The maximum absolute atomic E-state index is 13.5. The predicted molar refractivity (Wildman–Crippen MR) is 59.0 cm³/mol. The van der Waals surface area contributed by atoms with E-state index < -0.39 is 30.5 Å². The van der Waals surface area contributed by atoms with E-state index in [2.05, 4.69) is 4.98 Å². The minimum absolute atomic E-state index is 0.164. The second kappa shape index (κ2) is 5.90. The van der Waals surface area contributed by atoms with Crippen LogP contribution >= 0.6 is 0 Å². The van der Waals surface area contributed by atoms with Crippen LogP contribution in [-0.4, -0.2) is 28.1 Å². The molecule has 3 N–H and O–H groups in total. The van der Waals surface area contributed by atoms with Crippen LogP contribution in [-0.2, 0) is 4.74 Å². The molecule has 0 fully saturated rings. The van der Waals surface area contributed by atoms with Gasteiger partial charge in [0.15, 0.2) is 12.2 Å². The normalized spacial score (nSPS) is 14.6. The molecule has 0 spiro atoms. The molecule has 0 saturated carbocycles. The number of pyridine rings is 1. The predicted octanol–water partition coefficient (Wildman–Crippen LogP) is 0.601. The molecule has 0 amide bonds. The highest BCUT2D eigenvalue weighted by atomic mass is 19.1. The summed E-state index contributed by atoms with van der Waals surface area (Å²) in [6.45, 7) is 2.73. The highest BCUT2D eigenvalue weighted by Crippen LogP contribution is 2.23. The molecule has 1 rings (SSSR count). The maximum atomic E-state index is 13.5. The third-order valence-corrected chi connectivity index (χ3v) is 2.40. The van der Waals surface area contributed by atoms with Crippen molar-refractivity contribution in [3.05, 3.63) is 33.5 Å². The van der Waals surface area contributed by atoms with Crippen LogP contribution in [0.1, 0.15) is 30.6 Å². The molecule has 96 valence electrons. The number of ether oxygens (including phenoxy) is 1. The number of aromatic amines is 1. The monoisotopic (exact) mass is 245 g/mol. The number of aliphatic hydroxyl groups excluding tert-OH is 2. The van der Waals surface area contributed by atoms with Gasteiger partial charge < -0.3 is 14.9 Å². The van der Waals surface area contributed by atoms with Crippen molar-refractivity contribution in [1.82, 2.24) is 4.98 Å². The number of nitrogens with one attached hydrogen (secondary N) is 1. The third kappa shape index (κ3) is 3.36. The van der Waals surface area contributed by atoms with Crippen molar-refractivity contribution in [3.63, 3.8) is 0 Å². The van der Waals surface area contributed by atoms with Crippen molar-refractivity contribution < 1.29 is 19.3 Å². The van der Waals surface area contributed by atoms with Crippen molar-refractivity contribution in [2.75, 3.05) is 6.61 Å². The van der Waals surface area contributed by atoms with E-state index in [1.54, 1.807) is 13.8 Å². The average Bonchev–Trinajstić information content (AvgIpc) is 2.30. The molecule has 0 aliphatic rings. The Hall–Kier alpha value is -1.24. The van der Waals surface area contributed by atoms with Gasteiger partial charge in [-0.05, 0) is 19.4 Å². The van der Waals surface area contributed by atoms with Gasteiger partial charge in [-0.3, -0.25) is 9.78 Å². The molecular formula is C11H16FNO4. The van der Waals surface area contributed by atoms with E-state index >= 15 is 0 Å². The van der Waals surface area contributed by atoms with Crippen LogP contribution in [0.3, 0.4) is 0 Å². The first-order chi connectivity index (χ1) is 7.99. The van der Waals surface area contributed by atoms with E-state index in [0.29, 0.717) is 12.0 Å². The van der Waals surface area contributed by atoms with Crippen LogP contribution in [0.2, 0.25) is 0 Å². The molecule has 17 heavy (non-hydrogen) atoms. The zero-order chi connectivity index (χ0) is 13.0. The van der Waals surface area contributed by atoms with E-state index in [-0.39, 0.29) is 5.56 Å². The number of rotatable bonds is 5. The smallest absolute Gasteiger partial charge is 0.253 e. The van der Waals surface area contributed by atoms with Gasteiger partial charge in [-0.2, -0.15) is 4.39 Å². The Kier molecular flexibility index (Phi) is 4.80. The number of aryl methyl sites for hydroxylation is 1. The zero-order valence-electron chi connectivity index (χ0n) is 9.74. The van der Waals surface area contributed by atoms with Crippen LogP contribution in [0.4, 0.5) is 4.39 Å². The summed E-state index contributed by atoms with van der Waals surface area (Å²) < 4.78 is 18.6. The van der Waals surface area contributed by atoms with Crippen LogP contribution in [0.25, 0.3) is 0 Å². The fourth-order valence-corrected chi connectivity index (χ4v) is 1.49. The highest BCUT2D eigenvalue weighted by Gasteiger charge is 2.19. The Morgan fingerprint density at radius 2 is 2.24 bits per heavy atom. The Labute approximate surface area is 97.9 Å². The lowest BCUT2D eigenvalue weighted by atomic mass is 10.1. The molecule has 1 aromatic rings. The summed E-state index contributed by atoms with van der Waals surface area (Å²) >= 11 is 0. The van der Waals surface area contributed by atoms with E-state index in [9.17, 15) is 9.18 Å². The molecule has 0 radical (unpaired) electrons. The lowest BCUT2D eigenvalue weighted by molar-refractivity contribution is -0.159. The lowest BCUT2D eigenvalue weighted by Gasteiger charge is -2.20. The van der Waals surface area contributed by atoms with E-state index in [1.807, 2.05) is 0 Å². The van der Waals surface area contributed by atoms with Crippen molar-refractivity contribution in [2.24, 2.45) is 0 Å². The van der Waals surface area contributed by atoms with E-state index in [0.717, 1.165) is 0 Å². The van der Waals surface area contributed by atoms with Gasteiger partial charge in [-0.1, -0.05) is 6.92 Å². The van der Waals surface area contributed by atoms with Gasteiger partial charge in [0.1, 0.15) is 0 Å². The Bertz CT molecular complexity index is 432. The minimum Gasteiger partial charge on any atom is -0.391 e. The Morgan fingerprint density at radius 1 is 1.59 bits per heavy atom. The van der Waals surface area contributed by atoms with E-state index in [1.165, 1.54) is 6.07 Å². The molecule has 0 bridgehead atoms. The van der Waals surface area contributed by atoms with Crippen LogP contribution in [0.15, 0.2) is 10.9 Å². The molecule has 2 atom stereocenters. The summed E-state index contributed by atoms with van der Waals surface area (Å²) in [6.07, 6.45) is -1.68. The maximum Gasteiger partial charge on any atom is 0.253 e. The summed E-state index contributed by atoms with van der Waals surface area (Å²) in [4.78, 5) is 13.2. The highest BCUT2D eigenvalue weighted by molar-refractivity contribution is 5.20. The minimum atomic E-state index is -1.37. The first-order valence-electron chi connectivity index (χ1n) is 5.33. The van der Waals surface area contributed by atoms with Gasteiger partial charge in [-0.25, -0.2) is 0 Å². The Morgan fingerprint density at radius 3 is 2.76 bits per heavy atom.